The van der Waals surface area contributed by atoms with Gasteiger partial charge in [0.2, 0.25) is 17.7 Å². The van der Waals surface area contributed by atoms with Crippen molar-refractivity contribution in [1.29, 1.82) is 0 Å². The van der Waals surface area contributed by atoms with Crippen LogP contribution in [0.3, 0.4) is 0 Å². The van der Waals surface area contributed by atoms with Crippen molar-refractivity contribution in [3.63, 3.8) is 0 Å². The van der Waals surface area contributed by atoms with Crippen LogP contribution in [0.25, 0.3) is 11.0 Å². The van der Waals surface area contributed by atoms with Gasteiger partial charge in [-0.2, -0.15) is 0 Å². The summed E-state index contributed by atoms with van der Waals surface area (Å²) in [5.41, 5.74) is 3.65. The van der Waals surface area contributed by atoms with Crippen LogP contribution < -0.4 is 9.64 Å². The van der Waals surface area contributed by atoms with E-state index in [1.165, 1.54) is 0 Å². The van der Waals surface area contributed by atoms with Gasteiger partial charge in [-0.05, 0) is 31.2 Å². The number of ether oxygens (including phenoxy) is 1. The normalized spacial score (nSPS) is 19.5. The zero-order valence-corrected chi connectivity index (χ0v) is 18.1. The average molecular weight is 431 g/mol. The van der Waals surface area contributed by atoms with Gasteiger partial charge < -0.3 is 14.5 Å². The number of hydrogen-bond donors (Lipinski definition) is 0. The first-order valence-electron chi connectivity index (χ1n) is 11.1. The highest BCUT2D eigenvalue weighted by atomic mass is 16.5. The molecule has 3 heterocycles. The van der Waals surface area contributed by atoms with Gasteiger partial charge in [0.1, 0.15) is 6.10 Å². The molecule has 2 saturated heterocycles. The Morgan fingerprint density at radius 1 is 1.03 bits per heavy atom. The fourth-order valence-electron chi connectivity index (χ4n) is 4.47. The number of aromatic nitrogens is 2. The van der Waals surface area contributed by atoms with E-state index in [2.05, 4.69) is 9.97 Å². The number of para-hydroxylation sites is 2. The van der Waals surface area contributed by atoms with E-state index < -0.39 is 0 Å². The molecule has 2 amide bonds. The van der Waals surface area contributed by atoms with Crippen LogP contribution in [0, 0.1) is 12.8 Å². The molecule has 1 unspecified atom stereocenters. The molecule has 2 aliphatic rings. The van der Waals surface area contributed by atoms with Crippen LogP contribution in [0.15, 0.2) is 54.7 Å². The van der Waals surface area contributed by atoms with E-state index >= 15 is 0 Å². The van der Waals surface area contributed by atoms with Crippen LogP contribution >= 0.6 is 0 Å². The van der Waals surface area contributed by atoms with Gasteiger partial charge in [0.25, 0.3) is 0 Å². The van der Waals surface area contributed by atoms with E-state index in [-0.39, 0.29) is 30.3 Å². The summed E-state index contributed by atoms with van der Waals surface area (Å²) < 4.78 is 6.04. The molecule has 164 valence electrons. The molecular weight excluding hydrogens is 404 g/mol. The summed E-state index contributed by atoms with van der Waals surface area (Å²) in [6.45, 7) is 3.71. The Morgan fingerprint density at radius 2 is 1.75 bits per heavy atom. The van der Waals surface area contributed by atoms with Crippen molar-refractivity contribution in [1.82, 2.24) is 14.9 Å². The number of hydrogen-bond acceptors (Lipinski definition) is 5. The van der Waals surface area contributed by atoms with Crippen LogP contribution in [-0.2, 0) is 9.59 Å². The van der Waals surface area contributed by atoms with Gasteiger partial charge in [-0.15, -0.1) is 0 Å². The van der Waals surface area contributed by atoms with Gasteiger partial charge in [0.15, 0.2) is 0 Å². The second-order valence-electron chi connectivity index (χ2n) is 8.58. The van der Waals surface area contributed by atoms with Gasteiger partial charge >= 0.3 is 0 Å². The van der Waals surface area contributed by atoms with Crippen molar-refractivity contribution < 1.29 is 14.3 Å². The molecule has 3 aromatic rings. The third-order valence-corrected chi connectivity index (χ3v) is 6.29. The molecule has 0 saturated carbocycles. The van der Waals surface area contributed by atoms with Crippen molar-refractivity contribution >= 4 is 28.5 Å². The maximum Gasteiger partial charge on any atom is 0.233 e. The number of carbonyl (C=O) groups excluding carboxylic acids is 2. The maximum atomic E-state index is 13.1. The maximum absolute atomic E-state index is 13.1. The molecule has 7 heteroatoms. The first-order chi connectivity index (χ1) is 15.6. The predicted molar refractivity (Wildman–Crippen MR) is 121 cm³/mol. The summed E-state index contributed by atoms with van der Waals surface area (Å²) in [7, 11) is 0. The lowest BCUT2D eigenvalue weighted by molar-refractivity contribution is -0.137. The van der Waals surface area contributed by atoms with E-state index in [0.29, 0.717) is 25.5 Å². The first kappa shape index (κ1) is 20.4. The molecule has 7 nitrogen and oxygen atoms in total. The minimum Gasteiger partial charge on any atom is -0.473 e. The number of fused-ring (bicyclic) bond motifs is 1. The monoisotopic (exact) mass is 430 g/mol. The van der Waals surface area contributed by atoms with Crippen LogP contribution in [0.1, 0.15) is 24.8 Å². The van der Waals surface area contributed by atoms with Gasteiger partial charge in [-0.1, -0.05) is 29.8 Å². The second-order valence-corrected chi connectivity index (χ2v) is 8.58. The number of likely N-dealkylation sites (tertiary alicyclic amines) is 1. The van der Waals surface area contributed by atoms with E-state index in [1.807, 2.05) is 60.4 Å². The zero-order valence-electron chi connectivity index (χ0n) is 18.1. The first-order valence-corrected chi connectivity index (χ1v) is 11.1. The second kappa shape index (κ2) is 8.57. The van der Waals surface area contributed by atoms with Gasteiger partial charge in [0, 0.05) is 44.6 Å². The summed E-state index contributed by atoms with van der Waals surface area (Å²) in [5, 5.41) is 0. The molecule has 32 heavy (non-hydrogen) atoms. The summed E-state index contributed by atoms with van der Waals surface area (Å²) in [6.07, 6.45) is 3.41. The standard InChI is InChI=1S/C25H26N4O3/c1-17-6-8-19(9-7-17)29-16-18(14-24(29)30)25(31)28-12-10-20(11-13-28)32-23-15-26-21-4-2-3-5-22(21)27-23/h2-9,15,18,20H,10-14,16H2,1H3. The Bertz CT molecular complexity index is 1140. The predicted octanol–water partition coefficient (Wildman–Crippen LogP) is 3.36. The molecule has 1 atom stereocenters. The Morgan fingerprint density at radius 3 is 2.50 bits per heavy atom. The van der Waals surface area contributed by atoms with E-state index in [1.54, 1.807) is 11.1 Å². The molecule has 0 spiro atoms. The quantitative estimate of drug-likeness (QED) is 0.634. The highest BCUT2D eigenvalue weighted by molar-refractivity contribution is 6.00. The highest BCUT2D eigenvalue weighted by Crippen LogP contribution is 2.28. The zero-order chi connectivity index (χ0) is 22.1. The largest absolute Gasteiger partial charge is 0.473 e. The number of carbonyl (C=O) groups is 2. The molecule has 0 bridgehead atoms. The summed E-state index contributed by atoms with van der Waals surface area (Å²) in [4.78, 5) is 38.1. The fourth-order valence-corrected chi connectivity index (χ4v) is 4.47. The Labute approximate surface area is 187 Å². The van der Waals surface area contributed by atoms with Gasteiger partial charge in [0.05, 0.1) is 23.1 Å². The minimum absolute atomic E-state index is 0.00350. The molecule has 0 N–H and O–H groups in total. The highest BCUT2D eigenvalue weighted by Gasteiger charge is 2.38. The molecule has 2 aromatic carbocycles. The lowest BCUT2D eigenvalue weighted by Gasteiger charge is -2.33. The lowest BCUT2D eigenvalue weighted by atomic mass is 10.0. The minimum atomic E-state index is -0.285. The summed E-state index contributed by atoms with van der Waals surface area (Å²) >= 11 is 0. The Balaban J connectivity index is 1.16. The third-order valence-electron chi connectivity index (χ3n) is 6.29. The van der Waals surface area contributed by atoms with E-state index in [9.17, 15) is 9.59 Å². The number of piperidine rings is 1. The Hall–Kier alpha value is -3.48. The van der Waals surface area contributed by atoms with E-state index in [4.69, 9.17) is 4.74 Å². The average Bonchev–Trinajstić information content (AvgIpc) is 3.21. The number of nitrogens with zero attached hydrogens (tertiary/aromatic N) is 4. The molecular formula is C25H26N4O3. The third kappa shape index (κ3) is 4.15. The fraction of sp³-hybridized carbons (Fsp3) is 0.360. The van der Waals surface area contributed by atoms with Crippen molar-refractivity contribution in [2.45, 2.75) is 32.3 Å². The van der Waals surface area contributed by atoms with Crippen LogP contribution in [0.2, 0.25) is 0 Å². The lowest BCUT2D eigenvalue weighted by Crippen LogP contribution is -2.45. The van der Waals surface area contributed by atoms with Crippen LogP contribution in [0.5, 0.6) is 5.88 Å². The number of rotatable bonds is 4. The number of anilines is 1. The van der Waals surface area contributed by atoms with Crippen molar-refractivity contribution in [2.75, 3.05) is 24.5 Å². The van der Waals surface area contributed by atoms with Crippen molar-refractivity contribution in [2.24, 2.45) is 5.92 Å². The Kier molecular flexibility index (Phi) is 5.47. The van der Waals surface area contributed by atoms with Crippen molar-refractivity contribution in [3.8, 4) is 5.88 Å². The molecule has 0 aliphatic carbocycles. The number of amides is 2. The number of benzene rings is 2. The summed E-state index contributed by atoms with van der Waals surface area (Å²) in [6, 6.07) is 15.6. The summed E-state index contributed by atoms with van der Waals surface area (Å²) in [5.74, 6) is 0.313. The molecule has 5 rings (SSSR count). The smallest absolute Gasteiger partial charge is 0.233 e. The SMILES string of the molecule is Cc1ccc(N2CC(C(=O)N3CCC(Oc4cnc5ccccc5n4)CC3)CC2=O)cc1. The van der Waals surface area contributed by atoms with Crippen LogP contribution in [0.4, 0.5) is 5.69 Å². The van der Waals surface area contributed by atoms with Crippen molar-refractivity contribution in [3.05, 3.63) is 60.3 Å². The molecule has 1 aromatic heterocycles. The van der Waals surface area contributed by atoms with Crippen LogP contribution in [-0.4, -0.2) is 52.4 Å². The topological polar surface area (TPSA) is 75.6 Å². The molecule has 0 radical (unpaired) electrons. The van der Waals surface area contributed by atoms with Gasteiger partial charge in [-0.3, -0.25) is 9.59 Å². The molecule has 2 aliphatic heterocycles. The number of aryl methyl sites for hydroxylation is 1. The molecule has 2 fully saturated rings. The van der Waals surface area contributed by atoms with Gasteiger partial charge in [-0.25, -0.2) is 9.97 Å². The van der Waals surface area contributed by atoms with E-state index in [0.717, 1.165) is 35.1 Å².